The van der Waals surface area contributed by atoms with Crippen LogP contribution >= 0.6 is 0 Å². The lowest BCUT2D eigenvalue weighted by atomic mass is 9.96. The lowest BCUT2D eigenvalue weighted by molar-refractivity contribution is -0.137. The Morgan fingerprint density at radius 2 is 1.96 bits per heavy atom. The molecular formula is C20H22F2N4O. The Morgan fingerprint density at radius 1 is 1.19 bits per heavy atom. The summed E-state index contributed by atoms with van der Waals surface area (Å²) in [6.45, 7) is 1.58. The molecule has 5 nitrogen and oxygen atoms in total. The second kappa shape index (κ2) is 7.58. The average molecular weight is 372 g/mol. The van der Waals surface area contributed by atoms with Crippen LogP contribution in [0.15, 0.2) is 36.7 Å². The summed E-state index contributed by atoms with van der Waals surface area (Å²) in [5.74, 6) is -0.686. The van der Waals surface area contributed by atoms with Gasteiger partial charge in [0.2, 0.25) is 11.9 Å². The van der Waals surface area contributed by atoms with Gasteiger partial charge in [-0.05, 0) is 37.8 Å². The highest BCUT2D eigenvalue weighted by atomic mass is 19.1. The van der Waals surface area contributed by atoms with Gasteiger partial charge in [0.05, 0.1) is 5.92 Å². The van der Waals surface area contributed by atoms with Crippen LogP contribution in [0, 0.1) is 17.6 Å². The molecule has 0 radical (unpaired) electrons. The van der Waals surface area contributed by atoms with Crippen molar-refractivity contribution in [1.82, 2.24) is 14.9 Å². The van der Waals surface area contributed by atoms with Crippen LogP contribution in [-0.4, -0.2) is 39.9 Å². The van der Waals surface area contributed by atoms with E-state index in [0.29, 0.717) is 18.1 Å². The van der Waals surface area contributed by atoms with Gasteiger partial charge in [0.25, 0.3) is 0 Å². The molecule has 2 fully saturated rings. The molecule has 7 heteroatoms. The summed E-state index contributed by atoms with van der Waals surface area (Å²) < 4.78 is 27.3. The van der Waals surface area contributed by atoms with Crippen molar-refractivity contribution >= 4 is 11.9 Å². The van der Waals surface area contributed by atoms with Gasteiger partial charge in [-0.25, -0.2) is 18.7 Å². The van der Waals surface area contributed by atoms with Crippen molar-refractivity contribution in [2.45, 2.75) is 38.3 Å². The van der Waals surface area contributed by atoms with E-state index >= 15 is 0 Å². The van der Waals surface area contributed by atoms with Crippen LogP contribution in [0.25, 0.3) is 0 Å². The Labute approximate surface area is 157 Å². The van der Waals surface area contributed by atoms with Crippen molar-refractivity contribution in [3.63, 3.8) is 0 Å². The molecule has 1 saturated heterocycles. The zero-order valence-corrected chi connectivity index (χ0v) is 15.0. The van der Waals surface area contributed by atoms with E-state index in [-0.39, 0.29) is 24.4 Å². The van der Waals surface area contributed by atoms with E-state index in [9.17, 15) is 13.6 Å². The third-order valence-corrected chi connectivity index (χ3v) is 5.23. The van der Waals surface area contributed by atoms with Crippen LogP contribution in [0.3, 0.4) is 0 Å². The summed E-state index contributed by atoms with van der Waals surface area (Å²) in [5, 5.41) is 0. The van der Waals surface area contributed by atoms with Crippen molar-refractivity contribution in [3.05, 3.63) is 53.9 Å². The molecule has 0 N–H and O–H groups in total. The molecule has 0 bridgehead atoms. The standard InChI is InChI=1S/C20H22F2N4O/c21-16-5-4-14(18(22)11-16)13-26(17-6-7-17)19(27)15-3-1-10-25(12-15)20-23-8-2-9-24-20/h2,4-5,8-9,11,15,17H,1,3,6-7,10,12-13H2. The van der Waals surface area contributed by atoms with Crippen LogP contribution < -0.4 is 4.90 Å². The van der Waals surface area contributed by atoms with Gasteiger partial charge in [0, 0.05) is 49.7 Å². The number of hydrogen-bond acceptors (Lipinski definition) is 4. The van der Waals surface area contributed by atoms with Gasteiger partial charge >= 0.3 is 0 Å². The second-order valence-corrected chi connectivity index (χ2v) is 7.27. The summed E-state index contributed by atoms with van der Waals surface area (Å²) >= 11 is 0. The van der Waals surface area contributed by atoms with Crippen molar-refractivity contribution < 1.29 is 13.6 Å². The van der Waals surface area contributed by atoms with Crippen LogP contribution in [-0.2, 0) is 11.3 Å². The number of halogens is 2. The third-order valence-electron chi connectivity index (χ3n) is 5.23. The molecule has 2 aromatic rings. The molecule has 4 rings (SSSR count). The molecule has 1 aliphatic heterocycles. The number of benzene rings is 1. The molecule has 1 aromatic carbocycles. The van der Waals surface area contributed by atoms with Gasteiger partial charge in [0.15, 0.2) is 0 Å². The Kier molecular flexibility index (Phi) is 5.01. The number of rotatable bonds is 5. The monoisotopic (exact) mass is 372 g/mol. The van der Waals surface area contributed by atoms with Crippen molar-refractivity contribution in [1.29, 1.82) is 0 Å². The highest BCUT2D eigenvalue weighted by Gasteiger charge is 2.38. The molecule has 1 unspecified atom stereocenters. The van der Waals surface area contributed by atoms with E-state index in [2.05, 4.69) is 9.97 Å². The first kappa shape index (κ1) is 17.8. The molecule has 1 aromatic heterocycles. The van der Waals surface area contributed by atoms with E-state index in [4.69, 9.17) is 0 Å². The number of anilines is 1. The predicted molar refractivity (Wildman–Crippen MR) is 96.9 cm³/mol. The first-order valence-electron chi connectivity index (χ1n) is 9.38. The largest absolute Gasteiger partial charge is 0.340 e. The number of carbonyl (C=O) groups is 1. The van der Waals surface area contributed by atoms with Crippen LogP contribution in [0.2, 0.25) is 0 Å². The molecule has 1 aliphatic carbocycles. The Morgan fingerprint density at radius 3 is 2.67 bits per heavy atom. The molecule has 1 amide bonds. The van der Waals surface area contributed by atoms with Gasteiger partial charge in [-0.2, -0.15) is 0 Å². The summed E-state index contributed by atoms with van der Waals surface area (Å²) in [4.78, 5) is 25.6. The average Bonchev–Trinajstić information content (AvgIpc) is 3.53. The van der Waals surface area contributed by atoms with Gasteiger partial charge < -0.3 is 9.80 Å². The van der Waals surface area contributed by atoms with E-state index in [0.717, 1.165) is 38.3 Å². The topological polar surface area (TPSA) is 49.3 Å². The van der Waals surface area contributed by atoms with E-state index in [1.807, 2.05) is 4.90 Å². The van der Waals surface area contributed by atoms with E-state index in [1.54, 1.807) is 23.4 Å². The fourth-order valence-electron chi connectivity index (χ4n) is 3.66. The summed E-state index contributed by atoms with van der Waals surface area (Å²) in [6, 6.07) is 5.47. The fourth-order valence-corrected chi connectivity index (χ4v) is 3.66. The maximum Gasteiger partial charge on any atom is 0.228 e. The first-order valence-corrected chi connectivity index (χ1v) is 9.38. The van der Waals surface area contributed by atoms with Crippen LogP contribution in [0.5, 0.6) is 0 Å². The van der Waals surface area contributed by atoms with E-state index < -0.39 is 11.6 Å². The van der Waals surface area contributed by atoms with Crippen molar-refractivity contribution in [2.24, 2.45) is 5.92 Å². The zero-order valence-electron chi connectivity index (χ0n) is 15.0. The Balaban J connectivity index is 1.48. The first-order chi connectivity index (χ1) is 13.1. The predicted octanol–water partition coefficient (Wildman–Crippen LogP) is 3.16. The van der Waals surface area contributed by atoms with Gasteiger partial charge in [-0.15, -0.1) is 0 Å². The number of piperidine rings is 1. The van der Waals surface area contributed by atoms with Gasteiger partial charge in [-0.1, -0.05) is 6.07 Å². The minimum absolute atomic E-state index is 0.0434. The maximum atomic E-state index is 14.1. The lowest BCUT2D eigenvalue weighted by Crippen LogP contribution is -2.46. The highest BCUT2D eigenvalue weighted by molar-refractivity contribution is 5.80. The van der Waals surface area contributed by atoms with Crippen LogP contribution in [0.4, 0.5) is 14.7 Å². The molecule has 2 aliphatic rings. The minimum Gasteiger partial charge on any atom is -0.340 e. The number of carbonyl (C=O) groups excluding carboxylic acids is 1. The summed E-state index contributed by atoms with van der Waals surface area (Å²) in [6.07, 6.45) is 6.96. The molecule has 1 saturated carbocycles. The molecule has 0 spiro atoms. The van der Waals surface area contributed by atoms with Gasteiger partial charge in [0.1, 0.15) is 11.6 Å². The number of aromatic nitrogens is 2. The third kappa shape index (κ3) is 4.07. The summed E-state index contributed by atoms with van der Waals surface area (Å²) in [5.41, 5.74) is 0.357. The molecule has 2 heterocycles. The fraction of sp³-hybridized carbons (Fsp3) is 0.450. The highest BCUT2D eigenvalue weighted by Crippen LogP contribution is 2.32. The SMILES string of the molecule is O=C(C1CCCN(c2ncccn2)C1)N(Cc1ccc(F)cc1F)C1CC1. The normalized spacial score (nSPS) is 19.8. The zero-order chi connectivity index (χ0) is 18.8. The Hall–Kier alpha value is -2.57. The maximum absolute atomic E-state index is 14.1. The number of hydrogen-bond donors (Lipinski definition) is 0. The summed E-state index contributed by atoms with van der Waals surface area (Å²) in [7, 11) is 0. The van der Waals surface area contributed by atoms with E-state index in [1.165, 1.54) is 12.1 Å². The second-order valence-electron chi connectivity index (χ2n) is 7.27. The minimum atomic E-state index is -0.605. The molecule has 142 valence electrons. The smallest absolute Gasteiger partial charge is 0.228 e. The quantitative estimate of drug-likeness (QED) is 0.809. The van der Waals surface area contributed by atoms with Crippen molar-refractivity contribution in [2.75, 3.05) is 18.0 Å². The Bertz CT molecular complexity index is 813. The lowest BCUT2D eigenvalue weighted by Gasteiger charge is -2.35. The molecule has 1 atom stereocenters. The molecule has 27 heavy (non-hydrogen) atoms. The molecular weight excluding hydrogens is 350 g/mol. The number of amides is 1. The van der Waals surface area contributed by atoms with Crippen LogP contribution in [0.1, 0.15) is 31.2 Å². The van der Waals surface area contributed by atoms with Crippen molar-refractivity contribution in [3.8, 4) is 0 Å². The number of nitrogens with zero attached hydrogens (tertiary/aromatic N) is 4. The van der Waals surface area contributed by atoms with Gasteiger partial charge in [-0.3, -0.25) is 4.79 Å².